The Bertz CT molecular complexity index is 2220. The summed E-state index contributed by atoms with van der Waals surface area (Å²) < 4.78 is 11.5. The number of hydrogen-bond donors (Lipinski definition) is 0. The quantitative estimate of drug-likeness (QED) is 0.163. The number of rotatable bonds is 5. The van der Waals surface area contributed by atoms with Gasteiger partial charge in [-0.05, 0) is 95.1 Å². The van der Waals surface area contributed by atoms with Crippen LogP contribution in [0.2, 0.25) is 0 Å². The minimum atomic E-state index is -0.403. The van der Waals surface area contributed by atoms with E-state index >= 15 is 0 Å². The lowest BCUT2D eigenvalue weighted by Crippen LogP contribution is -2.21. The molecule has 0 fully saturated rings. The lowest BCUT2D eigenvalue weighted by molar-refractivity contribution is 0.563. The third-order valence-corrected chi connectivity index (χ3v) is 7.91. The van der Waals surface area contributed by atoms with Crippen molar-refractivity contribution in [2.24, 2.45) is 0 Å². The van der Waals surface area contributed by atoms with Crippen LogP contribution < -0.4 is 16.2 Å². The third-order valence-electron chi connectivity index (χ3n) is 7.91. The summed E-state index contributed by atoms with van der Waals surface area (Å²) in [6.07, 6.45) is 0. The predicted molar refractivity (Wildman–Crippen MR) is 168 cm³/mol. The van der Waals surface area contributed by atoms with Crippen molar-refractivity contribution in [3.63, 3.8) is 0 Å². The molecule has 0 aliphatic rings. The Balaban J connectivity index is 1.26. The van der Waals surface area contributed by atoms with Crippen molar-refractivity contribution in [3.8, 4) is 22.3 Å². The van der Waals surface area contributed by atoms with E-state index in [9.17, 15) is 9.59 Å². The van der Waals surface area contributed by atoms with E-state index in [-0.39, 0.29) is 0 Å². The van der Waals surface area contributed by atoms with Crippen molar-refractivity contribution in [1.82, 2.24) is 0 Å². The summed E-state index contributed by atoms with van der Waals surface area (Å²) in [6, 6.07) is 33.5. The Morgan fingerprint density at radius 1 is 0.512 bits per heavy atom. The molecule has 2 aromatic heterocycles. The number of hydrogen-bond acceptors (Lipinski definition) is 5. The highest BCUT2D eigenvalue weighted by Crippen LogP contribution is 2.30. The Morgan fingerprint density at radius 3 is 1.61 bits per heavy atom. The molecule has 5 aromatic carbocycles. The van der Waals surface area contributed by atoms with Crippen molar-refractivity contribution in [2.45, 2.75) is 13.8 Å². The first-order valence-corrected chi connectivity index (χ1v) is 13.8. The normalized spacial score (nSPS) is 11.6. The molecule has 0 N–H and O–H groups in total. The minimum Gasteiger partial charge on any atom is -0.422 e. The molecular weight excluding hydrogens is 510 g/mol. The average molecular weight is 538 g/mol. The maximum absolute atomic E-state index is 13.0. The largest absolute Gasteiger partial charge is 0.422 e. The average Bonchev–Trinajstić information content (AvgIpc) is 2.99. The van der Waals surface area contributed by atoms with Crippen LogP contribution >= 0.6 is 0 Å². The van der Waals surface area contributed by atoms with Gasteiger partial charge in [0.2, 0.25) is 0 Å². The van der Waals surface area contributed by atoms with Gasteiger partial charge in [-0.15, -0.1) is 0 Å². The second-order valence-electron chi connectivity index (χ2n) is 10.3. The number of nitrogens with zero attached hydrogens (tertiary/aromatic N) is 1. The summed E-state index contributed by atoms with van der Waals surface area (Å²) >= 11 is 0. The van der Waals surface area contributed by atoms with Crippen LogP contribution in [0, 0.1) is 0 Å². The van der Waals surface area contributed by atoms with Crippen LogP contribution in [0.4, 0.5) is 5.69 Å². The molecule has 5 heteroatoms. The lowest BCUT2D eigenvalue weighted by Gasteiger charge is -2.21. The van der Waals surface area contributed by atoms with E-state index in [0.29, 0.717) is 22.3 Å². The van der Waals surface area contributed by atoms with Crippen LogP contribution in [0.15, 0.2) is 122 Å². The van der Waals surface area contributed by atoms with Gasteiger partial charge in [0.15, 0.2) is 0 Å². The summed E-state index contributed by atoms with van der Waals surface area (Å²) in [7, 11) is 0. The van der Waals surface area contributed by atoms with Crippen molar-refractivity contribution < 1.29 is 8.83 Å². The van der Waals surface area contributed by atoms with E-state index in [1.807, 2.05) is 72.8 Å². The zero-order chi connectivity index (χ0) is 28.1. The molecule has 41 heavy (non-hydrogen) atoms. The molecule has 0 saturated carbocycles. The van der Waals surface area contributed by atoms with Crippen molar-refractivity contribution in [3.05, 3.63) is 124 Å². The van der Waals surface area contributed by atoms with Gasteiger partial charge in [0.1, 0.15) is 11.2 Å². The molecular formula is C36H27NO4. The van der Waals surface area contributed by atoms with Gasteiger partial charge in [-0.3, -0.25) is 0 Å². The van der Waals surface area contributed by atoms with Crippen molar-refractivity contribution in [1.29, 1.82) is 0 Å². The molecule has 0 aliphatic heterocycles. The highest BCUT2D eigenvalue weighted by Gasteiger charge is 2.13. The highest BCUT2D eigenvalue weighted by molar-refractivity contribution is 6.04. The molecule has 0 atom stereocenters. The summed E-state index contributed by atoms with van der Waals surface area (Å²) in [6.45, 7) is 5.95. The molecule has 0 radical (unpaired) electrons. The van der Waals surface area contributed by atoms with E-state index in [1.54, 1.807) is 0 Å². The number of benzene rings is 5. The number of fused-ring (bicyclic) bond motifs is 4. The fourth-order valence-electron chi connectivity index (χ4n) is 5.68. The molecule has 7 aromatic rings. The smallest absolute Gasteiger partial charge is 0.344 e. The highest BCUT2D eigenvalue weighted by atomic mass is 16.4. The molecule has 200 valence electrons. The second-order valence-corrected chi connectivity index (χ2v) is 10.3. The molecule has 5 nitrogen and oxygen atoms in total. The molecule has 7 rings (SSSR count). The first kappa shape index (κ1) is 24.9. The van der Waals surface area contributed by atoms with Gasteiger partial charge < -0.3 is 13.7 Å². The Labute approximate surface area is 235 Å². The van der Waals surface area contributed by atoms with Crippen LogP contribution in [0.3, 0.4) is 0 Å². The molecule has 0 amide bonds. The SMILES string of the molecule is CCN(CC)c1ccc2cc(-c3ccc(-c4cc5cc6cc7ccccc7cc6cc5oc4=O)cc3)c(=O)oc2c1. The van der Waals surface area contributed by atoms with E-state index in [4.69, 9.17) is 8.83 Å². The van der Waals surface area contributed by atoms with Crippen LogP contribution in [0.1, 0.15) is 13.8 Å². The van der Waals surface area contributed by atoms with Crippen LogP contribution in [-0.2, 0) is 0 Å². The summed E-state index contributed by atoms with van der Waals surface area (Å²) in [5.74, 6) is 0. The van der Waals surface area contributed by atoms with Crippen LogP contribution in [0.5, 0.6) is 0 Å². The third kappa shape index (κ3) is 4.36. The Kier molecular flexibility index (Phi) is 5.93. The van der Waals surface area contributed by atoms with Gasteiger partial charge in [0, 0.05) is 35.6 Å². The molecule has 0 saturated heterocycles. The minimum absolute atomic E-state index is 0.397. The predicted octanol–water partition coefficient (Wildman–Crippen LogP) is 8.39. The van der Waals surface area contributed by atoms with E-state index in [2.05, 4.69) is 49.1 Å². The zero-order valence-electron chi connectivity index (χ0n) is 22.8. The first-order chi connectivity index (χ1) is 20.0. The van der Waals surface area contributed by atoms with Gasteiger partial charge in [0.25, 0.3) is 0 Å². The summed E-state index contributed by atoms with van der Waals surface area (Å²) in [5, 5.41) is 6.12. The Hall–Kier alpha value is -5.16. The topological polar surface area (TPSA) is 63.7 Å². The fourth-order valence-corrected chi connectivity index (χ4v) is 5.68. The fraction of sp³-hybridized carbons (Fsp3) is 0.111. The number of anilines is 1. The van der Waals surface area contributed by atoms with Crippen LogP contribution in [-0.4, -0.2) is 13.1 Å². The molecule has 2 heterocycles. The van der Waals surface area contributed by atoms with Gasteiger partial charge in [-0.2, -0.15) is 0 Å². The van der Waals surface area contributed by atoms with Gasteiger partial charge in [0.05, 0.1) is 11.1 Å². The van der Waals surface area contributed by atoms with Gasteiger partial charge in [-0.25, -0.2) is 9.59 Å². The van der Waals surface area contributed by atoms with Crippen molar-refractivity contribution >= 4 is 49.2 Å². The molecule has 0 unspecified atom stereocenters. The van der Waals surface area contributed by atoms with Gasteiger partial charge in [-0.1, -0.05) is 48.5 Å². The standard InChI is InChI=1S/C36H27NO4/c1-3-37(4-2)30-14-13-26-18-31(35(38)41-34(26)21-30)22-9-11-23(12-10-22)32-19-29-17-27-15-24-7-5-6-8-25(24)16-28(27)20-33(29)40-36(32)39/h5-21H,3-4H2,1-2H3. The van der Waals surface area contributed by atoms with E-state index in [0.717, 1.165) is 62.2 Å². The van der Waals surface area contributed by atoms with Crippen LogP contribution in [0.25, 0.3) is 65.7 Å². The second kappa shape index (κ2) is 9.79. The first-order valence-electron chi connectivity index (χ1n) is 13.8. The zero-order valence-corrected chi connectivity index (χ0v) is 22.8. The molecule has 0 spiro atoms. The Morgan fingerprint density at radius 2 is 1.02 bits per heavy atom. The van der Waals surface area contributed by atoms with E-state index in [1.165, 1.54) is 0 Å². The van der Waals surface area contributed by atoms with Crippen molar-refractivity contribution in [2.75, 3.05) is 18.0 Å². The summed E-state index contributed by atoms with van der Waals surface area (Å²) in [4.78, 5) is 28.2. The monoisotopic (exact) mass is 537 g/mol. The van der Waals surface area contributed by atoms with Gasteiger partial charge >= 0.3 is 11.3 Å². The van der Waals surface area contributed by atoms with E-state index < -0.39 is 11.3 Å². The lowest BCUT2D eigenvalue weighted by atomic mass is 9.99. The summed E-state index contributed by atoms with van der Waals surface area (Å²) in [5.41, 5.74) is 3.73. The maximum Gasteiger partial charge on any atom is 0.344 e. The maximum atomic E-state index is 13.0. The molecule has 0 aliphatic carbocycles. The molecule has 0 bridgehead atoms.